The molecule has 0 saturated carbocycles. The Hall–Kier alpha value is -3.40. The van der Waals surface area contributed by atoms with Crippen molar-refractivity contribution in [3.8, 4) is 0 Å². The number of para-hydroxylation sites is 1. The molecule has 1 aromatic carbocycles. The molecule has 1 aromatic heterocycles. The van der Waals surface area contributed by atoms with Crippen LogP contribution in [0.15, 0.2) is 30.5 Å². The molecule has 10 nitrogen and oxygen atoms in total. The van der Waals surface area contributed by atoms with Gasteiger partial charge < -0.3 is 28.7 Å². The van der Waals surface area contributed by atoms with E-state index in [-0.39, 0.29) is 32.3 Å². The predicted molar refractivity (Wildman–Crippen MR) is 123 cm³/mol. The van der Waals surface area contributed by atoms with E-state index in [4.69, 9.17) is 23.7 Å². The number of benzene rings is 1. The average Bonchev–Trinajstić information content (AvgIpc) is 3.28. The lowest BCUT2D eigenvalue weighted by molar-refractivity contribution is -0.275. The fourth-order valence-corrected chi connectivity index (χ4v) is 3.70. The minimum absolute atomic E-state index is 0.0333. The Morgan fingerprint density at radius 2 is 1.49 bits per heavy atom. The first kappa shape index (κ1) is 26.2. The van der Waals surface area contributed by atoms with Crippen LogP contribution in [0.4, 0.5) is 0 Å². The molecule has 3 rings (SSSR count). The van der Waals surface area contributed by atoms with E-state index in [1.165, 1.54) is 0 Å². The molecule has 10 heteroatoms. The maximum absolute atomic E-state index is 12.7. The van der Waals surface area contributed by atoms with Gasteiger partial charge in [-0.1, -0.05) is 39.0 Å². The summed E-state index contributed by atoms with van der Waals surface area (Å²) < 4.78 is 27.4. The van der Waals surface area contributed by atoms with E-state index in [2.05, 4.69) is 4.98 Å². The fraction of sp³-hybridized carbons (Fsp3) is 0.520. The van der Waals surface area contributed by atoms with Crippen LogP contribution in [-0.4, -0.2) is 60.1 Å². The van der Waals surface area contributed by atoms with Crippen molar-refractivity contribution in [3.05, 3.63) is 36.0 Å². The van der Waals surface area contributed by atoms with Crippen LogP contribution in [0.1, 0.15) is 52.0 Å². The summed E-state index contributed by atoms with van der Waals surface area (Å²) in [6.07, 6.45) is -2.34. The molecule has 0 unspecified atom stereocenters. The number of hydrogen-bond acceptors (Lipinski definition) is 9. The summed E-state index contributed by atoms with van der Waals surface area (Å²) in [6.45, 7) is 4.61. The lowest BCUT2D eigenvalue weighted by Gasteiger charge is -2.40. The highest BCUT2D eigenvalue weighted by Gasteiger charge is 2.49. The van der Waals surface area contributed by atoms with Gasteiger partial charge in [-0.05, 0) is 18.1 Å². The van der Waals surface area contributed by atoms with Gasteiger partial charge >= 0.3 is 23.9 Å². The van der Waals surface area contributed by atoms with Gasteiger partial charge in [0.05, 0.1) is 6.61 Å². The van der Waals surface area contributed by atoms with Crippen LogP contribution in [0, 0.1) is 0 Å². The number of rotatable bonds is 10. The van der Waals surface area contributed by atoms with E-state index >= 15 is 0 Å². The molecule has 0 bridgehead atoms. The summed E-state index contributed by atoms with van der Waals surface area (Å²) >= 11 is 0. The number of fused-ring (bicyclic) bond motifs is 1. The summed E-state index contributed by atoms with van der Waals surface area (Å²) in [4.78, 5) is 52.0. The number of esters is 4. The Morgan fingerprint density at radius 3 is 2.17 bits per heavy atom. The maximum Gasteiger partial charge on any atom is 0.308 e. The van der Waals surface area contributed by atoms with Crippen molar-refractivity contribution >= 4 is 34.8 Å². The van der Waals surface area contributed by atoms with Crippen LogP contribution in [0.5, 0.6) is 0 Å². The van der Waals surface area contributed by atoms with Crippen LogP contribution in [0.2, 0.25) is 0 Å². The van der Waals surface area contributed by atoms with Crippen molar-refractivity contribution < 1.29 is 42.9 Å². The molecule has 0 radical (unpaired) electrons. The first-order valence-corrected chi connectivity index (χ1v) is 11.8. The Balaban J connectivity index is 1.73. The van der Waals surface area contributed by atoms with Crippen LogP contribution >= 0.6 is 0 Å². The molecule has 1 aliphatic heterocycles. The van der Waals surface area contributed by atoms with Gasteiger partial charge in [-0.25, -0.2) is 0 Å². The summed E-state index contributed by atoms with van der Waals surface area (Å²) in [6, 6.07) is 7.74. The molecule has 4 atom stereocenters. The zero-order valence-electron chi connectivity index (χ0n) is 20.1. The lowest BCUT2D eigenvalue weighted by atomic mass is 10.0. The third-order valence-corrected chi connectivity index (χ3v) is 5.59. The minimum atomic E-state index is -1.33. The number of aromatic nitrogens is 1. The van der Waals surface area contributed by atoms with E-state index in [1.54, 1.807) is 20.8 Å². The van der Waals surface area contributed by atoms with Gasteiger partial charge in [0.15, 0.2) is 12.2 Å². The van der Waals surface area contributed by atoms with E-state index in [0.29, 0.717) is 6.42 Å². The van der Waals surface area contributed by atoms with E-state index in [1.807, 2.05) is 30.5 Å². The second kappa shape index (κ2) is 12.3. The monoisotopic (exact) mass is 489 g/mol. The smallest absolute Gasteiger partial charge is 0.308 e. The standard InChI is InChI=1S/C25H31NO9/c1-4-19(27)32-18-14-31-25(24(34-21(29)6-3)23(18)33-20(28)5-2)35-22(30)12-11-15-13-26-17-10-8-7-9-16(15)17/h7-10,13,18,23-26H,4-6,11-12,14H2,1-3H3/t18-,23-,24+,25+/m0/s1. The van der Waals surface area contributed by atoms with Crippen molar-refractivity contribution in [2.24, 2.45) is 0 Å². The maximum atomic E-state index is 12.7. The molecule has 35 heavy (non-hydrogen) atoms. The SMILES string of the molecule is CCC(=O)O[C@@H]1[C@@H](OC(=O)CC)[C@@H](OC(=O)CCc2c[nH]c3ccccc23)OC[C@@H]1OC(=O)CC. The van der Waals surface area contributed by atoms with Gasteiger partial charge in [-0.2, -0.15) is 0 Å². The summed E-state index contributed by atoms with van der Waals surface area (Å²) in [7, 11) is 0. The van der Waals surface area contributed by atoms with Gasteiger partial charge in [0.2, 0.25) is 12.4 Å². The second-order valence-corrected chi connectivity index (χ2v) is 8.05. The Bertz CT molecular complexity index is 1050. The molecule has 1 aliphatic rings. The van der Waals surface area contributed by atoms with Gasteiger partial charge in [0.25, 0.3) is 0 Å². The fourth-order valence-electron chi connectivity index (χ4n) is 3.70. The van der Waals surface area contributed by atoms with Crippen molar-refractivity contribution in [2.45, 2.75) is 77.5 Å². The molecule has 0 aliphatic carbocycles. The number of hydrogen-bond donors (Lipinski definition) is 1. The number of carbonyl (C=O) groups is 4. The zero-order chi connectivity index (χ0) is 25.4. The summed E-state index contributed by atoms with van der Waals surface area (Å²) in [5, 5.41) is 1.01. The third-order valence-electron chi connectivity index (χ3n) is 5.59. The van der Waals surface area contributed by atoms with Gasteiger partial charge in [-0.15, -0.1) is 0 Å². The molecule has 2 aromatic rings. The highest BCUT2D eigenvalue weighted by molar-refractivity contribution is 5.83. The molecule has 1 fully saturated rings. The average molecular weight is 490 g/mol. The summed E-state index contributed by atoms with van der Waals surface area (Å²) in [5.41, 5.74) is 1.92. The van der Waals surface area contributed by atoms with Crippen LogP contribution < -0.4 is 0 Å². The number of H-pyrrole nitrogens is 1. The number of aromatic amines is 1. The van der Waals surface area contributed by atoms with Crippen molar-refractivity contribution in [1.29, 1.82) is 0 Å². The van der Waals surface area contributed by atoms with Crippen LogP contribution in [-0.2, 0) is 49.3 Å². The Kier molecular flexibility index (Phi) is 9.25. The molecule has 190 valence electrons. The topological polar surface area (TPSA) is 130 Å². The van der Waals surface area contributed by atoms with Crippen molar-refractivity contribution in [2.75, 3.05) is 6.61 Å². The van der Waals surface area contributed by atoms with Gasteiger partial charge in [0.1, 0.15) is 0 Å². The zero-order valence-corrected chi connectivity index (χ0v) is 20.1. The molecule has 2 heterocycles. The molecule has 0 amide bonds. The highest BCUT2D eigenvalue weighted by atomic mass is 16.7. The molecular weight excluding hydrogens is 458 g/mol. The van der Waals surface area contributed by atoms with Crippen molar-refractivity contribution in [3.63, 3.8) is 0 Å². The predicted octanol–water partition coefficient (Wildman–Crippen LogP) is 2.97. The minimum Gasteiger partial charge on any atom is -0.456 e. The Morgan fingerprint density at radius 1 is 0.857 bits per heavy atom. The number of nitrogens with one attached hydrogen (secondary N) is 1. The van der Waals surface area contributed by atoms with E-state index in [9.17, 15) is 19.2 Å². The van der Waals surface area contributed by atoms with Crippen LogP contribution in [0.3, 0.4) is 0 Å². The number of ether oxygens (including phenoxy) is 5. The molecule has 0 spiro atoms. The molecule has 1 N–H and O–H groups in total. The molecule has 1 saturated heterocycles. The quantitative estimate of drug-likeness (QED) is 0.395. The first-order valence-electron chi connectivity index (χ1n) is 11.8. The van der Waals surface area contributed by atoms with Gasteiger partial charge in [0, 0.05) is 42.8 Å². The number of aryl methyl sites for hydroxylation is 1. The molecular formula is C25H31NO9. The van der Waals surface area contributed by atoms with E-state index < -0.39 is 48.5 Å². The number of carbonyl (C=O) groups excluding carboxylic acids is 4. The largest absolute Gasteiger partial charge is 0.456 e. The first-order chi connectivity index (χ1) is 16.9. The second-order valence-electron chi connectivity index (χ2n) is 8.05. The third kappa shape index (κ3) is 6.82. The Labute approximate surface area is 203 Å². The van der Waals surface area contributed by atoms with Crippen molar-refractivity contribution in [1.82, 2.24) is 4.98 Å². The van der Waals surface area contributed by atoms with Gasteiger partial charge in [-0.3, -0.25) is 19.2 Å². The normalized spacial score (nSPS) is 21.8. The van der Waals surface area contributed by atoms with Crippen LogP contribution in [0.25, 0.3) is 10.9 Å². The van der Waals surface area contributed by atoms with E-state index in [0.717, 1.165) is 16.5 Å². The highest BCUT2D eigenvalue weighted by Crippen LogP contribution is 2.27. The lowest BCUT2D eigenvalue weighted by Crippen LogP contribution is -2.58. The summed E-state index contributed by atoms with van der Waals surface area (Å²) in [5.74, 6) is -2.32.